The predicted molar refractivity (Wildman–Crippen MR) is 72.6 cm³/mol. The van der Waals surface area contributed by atoms with Gasteiger partial charge < -0.3 is 0 Å². The molecule has 1 N–H and O–H groups in total. The number of nitrogens with zero attached hydrogens (tertiary/aromatic N) is 1. The second-order valence-corrected chi connectivity index (χ2v) is 4.16. The standard InChI is InChI=1S/C15H12F2N2O/c1-10-5-2-3-7-12(10)15(20)19-18-9-11-6-4-8-13(16)14(11)17/h2-9H,1H3,(H,19,20)/b18-9+. The van der Waals surface area contributed by atoms with Gasteiger partial charge in [-0.05, 0) is 24.6 Å². The summed E-state index contributed by atoms with van der Waals surface area (Å²) in [5.74, 6) is -2.36. The first-order valence-electron chi connectivity index (χ1n) is 5.92. The van der Waals surface area contributed by atoms with Crippen LogP contribution >= 0.6 is 0 Å². The average molecular weight is 274 g/mol. The van der Waals surface area contributed by atoms with Gasteiger partial charge in [0.05, 0.1) is 6.21 Å². The zero-order chi connectivity index (χ0) is 14.5. The van der Waals surface area contributed by atoms with Crippen LogP contribution in [0.3, 0.4) is 0 Å². The van der Waals surface area contributed by atoms with Gasteiger partial charge >= 0.3 is 0 Å². The van der Waals surface area contributed by atoms with Crippen LogP contribution in [0.4, 0.5) is 8.78 Å². The molecule has 0 radical (unpaired) electrons. The van der Waals surface area contributed by atoms with Crippen molar-refractivity contribution < 1.29 is 13.6 Å². The number of rotatable bonds is 3. The van der Waals surface area contributed by atoms with Gasteiger partial charge in [-0.1, -0.05) is 30.3 Å². The van der Waals surface area contributed by atoms with E-state index in [4.69, 9.17) is 0 Å². The lowest BCUT2D eigenvalue weighted by Crippen LogP contribution is -2.18. The summed E-state index contributed by atoms with van der Waals surface area (Å²) in [5.41, 5.74) is 3.52. The maximum absolute atomic E-state index is 13.3. The van der Waals surface area contributed by atoms with Crippen LogP contribution < -0.4 is 5.43 Å². The minimum atomic E-state index is -0.999. The summed E-state index contributed by atoms with van der Waals surface area (Å²) < 4.78 is 26.3. The fourth-order valence-corrected chi connectivity index (χ4v) is 1.67. The van der Waals surface area contributed by atoms with E-state index in [-0.39, 0.29) is 5.56 Å². The Morgan fingerprint density at radius 2 is 1.90 bits per heavy atom. The van der Waals surface area contributed by atoms with E-state index in [0.717, 1.165) is 17.8 Å². The molecule has 0 unspecified atom stereocenters. The molecule has 0 aromatic heterocycles. The van der Waals surface area contributed by atoms with Crippen LogP contribution in [0, 0.1) is 18.6 Å². The highest BCUT2D eigenvalue weighted by Crippen LogP contribution is 2.09. The normalized spacial score (nSPS) is 10.8. The van der Waals surface area contributed by atoms with Crippen molar-refractivity contribution in [2.45, 2.75) is 6.92 Å². The quantitative estimate of drug-likeness (QED) is 0.678. The number of nitrogens with one attached hydrogen (secondary N) is 1. The Balaban J connectivity index is 2.09. The first kappa shape index (κ1) is 13.9. The molecule has 102 valence electrons. The van der Waals surface area contributed by atoms with Gasteiger partial charge in [-0.3, -0.25) is 4.79 Å². The number of hydrogen-bond donors (Lipinski definition) is 1. The van der Waals surface area contributed by atoms with Crippen molar-refractivity contribution in [1.82, 2.24) is 5.43 Å². The molecule has 0 heterocycles. The van der Waals surface area contributed by atoms with Crippen molar-refractivity contribution in [3.63, 3.8) is 0 Å². The van der Waals surface area contributed by atoms with E-state index >= 15 is 0 Å². The van der Waals surface area contributed by atoms with Crippen molar-refractivity contribution in [3.8, 4) is 0 Å². The molecule has 0 bridgehead atoms. The predicted octanol–water partition coefficient (Wildman–Crippen LogP) is 3.04. The van der Waals surface area contributed by atoms with Crippen LogP contribution in [0.25, 0.3) is 0 Å². The fraction of sp³-hybridized carbons (Fsp3) is 0.0667. The third-order valence-corrected chi connectivity index (χ3v) is 2.74. The number of carbonyl (C=O) groups is 1. The smallest absolute Gasteiger partial charge is 0.267 e. The molecule has 0 atom stereocenters. The van der Waals surface area contributed by atoms with Gasteiger partial charge in [0.1, 0.15) is 0 Å². The van der Waals surface area contributed by atoms with Crippen LogP contribution in [-0.2, 0) is 0 Å². The molecular weight excluding hydrogens is 262 g/mol. The van der Waals surface area contributed by atoms with Gasteiger partial charge in [0, 0.05) is 11.1 Å². The van der Waals surface area contributed by atoms with E-state index in [1.807, 2.05) is 6.07 Å². The third-order valence-electron chi connectivity index (χ3n) is 2.74. The SMILES string of the molecule is Cc1ccccc1C(=O)N/N=C/c1cccc(F)c1F. The van der Waals surface area contributed by atoms with E-state index < -0.39 is 17.5 Å². The molecule has 20 heavy (non-hydrogen) atoms. The van der Waals surface area contributed by atoms with E-state index in [1.165, 1.54) is 12.1 Å². The van der Waals surface area contributed by atoms with Crippen molar-refractivity contribution >= 4 is 12.1 Å². The molecule has 0 saturated heterocycles. The Bertz CT molecular complexity index is 669. The van der Waals surface area contributed by atoms with Gasteiger partial charge in [-0.2, -0.15) is 5.10 Å². The van der Waals surface area contributed by atoms with E-state index in [0.29, 0.717) is 5.56 Å². The van der Waals surface area contributed by atoms with Crippen molar-refractivity contribution in [2.75, 3.05) is 0 Å². The number of halogens is 2. The monoisotopic (exact) mass is 274 g/mol. The molecular formula is C15H12F2N2O. The lowest BCUT2D eigenvalue weighted by Gasteiger charge is -2.03. The van der Waals surface area contributed by atoms with Crippen LogP contribution in [0.15, 0.2) is 47.6 Å². The number of benzene rings is 2. The van der Waals surface area contributed by atoms with Gasteiger partial charge in [0.15, 0.2) is 11.6 Å². The summed E-state index contributed by atoms with van der Waals surface area (Å²) >= 11 is 0. The average Bonchev–Trinajstić information content (AvgIpc) is 2.44. The second-order valence-electron chi connectivity index (χ2n) is 4.16. The molecule has 5 heteroatoms. The van der Waals surface area contributed by atoms with E-state index in [1.54, 1.807) is 25.1 Å². The first-order chi connectivity index (χ1) is 9.59. The van der Waals surface area contributed by atoms with Crippen molar-refractivity contribution in [2.24, 2.45) is 5.10 Å². The van der Waals surface area contributed by atoms with Crippen LogP contribution in [-0.4, -0.2) is 12.1 Å². The Labute approximate surface area is 114 Å². The highest BCUT2D eigenvalue weighted by Gasteiger charge is 2.07. The lowest BCUT2D eigenvalue weighted by atomic mass is 10.1. The number of carbonyl (C=O) groups excluding carboxylic acids is 1. The Kier molecular flexibility index (Phi) is 4.20. The molecule has 0 aliphatic heterocycles. The summed E-state index contributed by atoms with van der Waals surface area (Å²) in [6.45, 7) is 1.80. The molecule has 2 rings (SSSR count). The topological polar surface area (TPSA) is 41.5 Å². The van der Waals surface area contributed by atoms with Gasteiger partial charge in [-0.25, -0.2) is 14.2 Å². The number of aryl methyl sites for hydroxylation is 1. The van der Waals surface area contributed by atoms with Gasteiger partial charge in [0.25, 0.3) is 5.91 Å². The Hall–Kier alpha value is -2.56. The van der Waals surface area contributed by atoms with Crippen molar-refractivity contribution in [1.29, 1.82) is 0 Å². The minimum Gasteiger partial charge on any atom is -0.267 e. The molecule has 0 aliphatic carbocycles. The second kappa shape index (κ2) is 6.06. The fourth-order valence-electron chi connectivity index (χ4n) is 1.67. The first-order valence-corrected chi connectivity index (χ1v) is 5.92. The summed E-state index contributed by atoms with van der Waals surface area (Å²) in [6, 6.07) is 10.7. The molecule has 0 fully saturated rings. The number of hydrogen-bond acceptors (Lipinski definition) is 2. The summed E-state index contributed by atoms with van der Waals surface area (Å²) in [4.78, 5) is 11.8. The molecule has 2 aromatic carbocycles. The summed E-state index contributed by atoms with van der Waals surface area (Å²) in [7, 11) is 0. The number of hydrazone groups is 1. The van der Waals surface area contributed by atoms with Crippen LogP contribution in [0.2, 0.25) is 0 Å². The maximum atomic E-state index is 13.3. The zero-order valence-corrected chi connectivity index (χ0v) is 10.7. The van der Waals surface area contributed by atoms with Gasteiger partial charge in [0.2, 0.25) is 0 Å². The Morgan fingerprint density at radius 1 is 1.15 bits per heavy atom. The third kappa shape index (κ3) is 3.06. The molecule has 2 aromatic rings. The molecule has 0 spiro atoms. The largest absolute Gasteiger partial charge is 0.271 e. The summed E-state index contributed by atoms with van der Waals surface area (Å²) in [5, 5.41) is 3.63. The highest BCUT2D eigenvalue weighted by atomic mass is 19.2. The van der Waals surface area contributed by atoms with E-state index in [2.05, 4.69) is 10.5 Å². The lowest BCUT2D eigenvalue weighted by molar-refractivity contribution is 0.0954. The number of amides is 1. The summed E-state index contributed by atoms with van der Waals surface area (Å²) in [6.07, 6.45) is 1.06. The molecule has 3 nitrogen and oxygen atoms in total. The highest BCUT2D eigenvalue weighted by molar-refractivity contribution is 5.96. The molecule has 0 saturated carbocycles. The van der Waals surface area contributed by atoms with E-state index in [9.17, 15) is 13.6 Å². The van der Waals surface area contributed by atoms with Gasteiger partial charge in [-0.15, -0.1) is 0 Å². The van der Waals surface area contributed by atoms with Crippen molar-refractivity contribution in [3.05, 3.63) is 70.8 Å². The molecule has 0 aliphatic rings. The zero-order valence-electron chi connectivity index (χ0n) is 10.7. The molecule has 1 amide bonds. The van der Waals surface area contributed by atoms with Crippen LogP contribution in [0.5, 0.6) is 0 Å². The minimum absolute atomic E-state index is 0.0323. The Morgan fingerprint density at radius 3 is 2.65 bits per heavy atom. The van der Waals surface area contributed by atoms with Crippen LogP contribution in [0.1, 0.15) is 21.5 Å². The maximum Gasteiger partial charge on any atom is 0.271 e.